The van der Waals surface area contributed by atoms with E-state index < -0.39 is 15.1 Å². The summed E-state index contributed by atoms with van der Waals surface area (Å²) in [7, 11) is -3.27. The van der Waals surface area contributed by atoms with Gasteiger partial charge >= 0.3 is 0 Å². The van der Waals surface area contributed by atoms with Crippen molar-refractivity contribution in [1.29, 1.82) is 0 Å². The van der Waals surface area contributed by atoms with E-state index in [0.717, 1.165) is 19.3 Å². The highest BCUT2D eigenvalue weighted by Gasteiger charge is 2.44. The summed E-state index contributed by atoms with van der Waals surface area (Å²) in [4.78, 5) is 25.6. The third-order valence-electron chi connectivity index (χ3n) is 5.19. The molecule has 1 spiro atoms. The monoisotopic (exact) mass is 314 g/mol. The van der Waals surface area contributed by atoms with Gasteiger partial charge in [0.2, 0.25) is 11.8 Å². The van der Waals surface area contributed by atoms with Gasteiger partial charge in [-0.3, -0.25) is 9.59 Å². The van der Waals surface area contributed by atoms with Crippen LogP contribution < -0.4 is 5.32 Å². The molecule has 0 aromatic rings. The van der Waals surface area contributed by atoms with Gasteiger partial charge in [0.15, 0.2) is 9.84 Å². The molecule has 3 heterocycles. The Balaban J connectivity index is 1.64. The van der Waals surface area contributed by atoms with Gasteiger partial charge in [-0.15, -0.1) is 0 Å². The summed E-state index contributed by atoms with van der Waals surface area (Å²) >= 11 is 0. The molecule has 3 rings (SSSR count). The van der Waals surface area contributed by atoms with Gasteiger partial charge in [-0.25, -0.2) is 8.42 Å². The number of nitrogens with zero attached hydrogens (tertiary/aromatic N) is 1. The Morgan fingerprint density at radius 1 is 1.24 bits per heavy atom. The number of piperidine rings is 1. The summed E-state index contributed by atoms with van der Waals surface area (Å²) in [6, 6.07) is 0. The van der Waals surface area contributed by atoms with Crippen molar-refractivity contribution < 1.29 is 18.0 Å². The Hall–Kier alpha value is -1.11. The molecular weight excluding hydrogens is 292 g/mol. The first-order valence-corrected chi connectivity index (χ1v) is 9.41. The largest absolute Gasteiger partial charge is 0.356 e. The average Bonchev–Trinajstić information content (AvgIpc) is 2.79. The average molecular weight is 314 g/mol. The highest BCUT2D eigenvalue weighted by Crippen LogP contribution is 2.38. The molecule has 6 nitrogen and oxygen atoms in total. The van der Waals surface area contributed by atoms with E-state index in [1.807, 2.05) is 0 Å². The van der Waals surface area contributed by atoms with Crippen LogP contribution in [0.4, 0.5) is 0 Å². The van der Waals surface area contributed by atoms with Crippen LogP contribution >= 0.6 is 0 Å². The molecule has 0 bridgehead atoms. The van der Waals surface area contributed by atoms with Crippen molar-refractivity contribution in [2.24, 2.45) is 5.41 Å². The van der Waals surface area contributed by atoms with Crippen LogP contribution in [0, 0.1) is 5.41 Å². The van der Waals surface area contributed by atoms with Crippen LogP contribution in [0.3, 0.4) is 0 Å². The molecule has 1 N–H and O–H groups in total. The summed E-state index contributed by atoms with van der Waals surface area (Å²) < 4.78 is 24.1. The highest BCUT2D eigenvalue weighted by molar-refractivity contribution is 7.92. The molecule has 7 heteroatoms. The van der Waals surface area contributed by atoms with Gasteiger partial charge in [0.25, 0.3) is 0 Å². The summed E-state index contributed by atoms with van der Waals surface area (Å²) in [6.45, 7) is 1.83. The van der Waals surface area contributed by atoms with Gasteiger partial charge in [-0.05, 0) is 31.1 Å². The number of amides is 2. The van der Waals surface area contributed by atoms with Gasteiger partial charge in [-0.2, -0.15) is 0 Å². The quantitative estimate of drug-likeness (QED) is 0.743. The lowest BCUT2D eigenvalue weighted by Gasteiger charge is -2.39. The molecule has 3 saturated heterocycles. The van der Waals surface area contributed by atoms with Crippen LogP contribution in [0.5, 0.6) is 0 Å². The zero-order valence-electron chi connectivity index (χ0n) is 12.1. The second-order valence-corrected chi connectivity index (χ2v) is 8.93. The first-order valence-electron chi connectivity index (χ1n) is 7.69. The molecule has 0 aromatic carbocycles. The maximum atomic E-state index is 12.5. The zero-order valence-corrected chi connectivity index (χ0v) is 13.0. The van der Waals surface area contributed by atoms with Crippen molar-refractivity contribution in [3.05, 3.63) is 0 Å². The smallest absolute Gasteiger partial charge is 0.240 e. The second-order valence-electron chi connectivity index (χ2n) is 6.63. The maximum absolute atomic E-state index is 12.5. The fraction of sp³-hybridized carbons (Fsp3) is 0.857. The topological polar surface area (TPSA) is 83.6 Å². The minimum atomic E-state index is -3.27. The van der Waals surface area contributed by atoms with Crippen molar-refractivity contribution in [2.45, 2.75) is 43.8 Å². The number of sulfone groups is 1. The summed E-state index contributed by atoms with van der Waals surface area (Å²) in [5, 5.41) is 2.03. The number of likely N-dealkylation sites (tertiary alicyclic amines) is 1. The summed E-state index contributed by atoms with van der Waals surface area (Å²) in [5.41, 5.74) is -0.0146. The lowest BCUT2D eigenvalue weighted by Crippen LogP contribution is -2.50. The standard InChI is InChI=1S/C14H22N2O4S/c17-12-9-14(10-15-12)4-6-16(7-5-14)13(18)11-3-1-2-8-21(11,19)20/h11H,1-10H2,(H,15,17). The highest BCUT2D eigenvalue weighted by atomic mass is 32.2. The maximum Gasteiger partial charge on any atom is 0.240 e. The number of hydrogen-bond donors (Lipinski definition) is 1. The molecule has 2 amide bonds. The van der Waals surface area contributed by atoms with Crippen molar-refractivity contribution in [3.8, 4) is 0 Å². The predicted molar refractivity (Wildman–Crippen MR) is 77.3 cm³/mol. The minimum absolute atomic E-state index is 0.0146. The SMILES string of the molecule is O=C1CC2(CCN(C(=O)C3CCCCS3(=O)=O)CC2)CN1. The first-order chi connectivity index (χ1) is 9.92. The Morgan fingerprint density at radius 3 is 2.52 bits per heavy atom. The van der Waals surface area contributed by atoms with Crippen molar-refractivity contribution in [3.63, 3.8) is 0 Å². The number of nitrogens with one attached hydrogen (secondary N) is 1. The molecule has 3 aliphatic heterocycles. The fourth-order valence-corrected chi connectivity index (χ4v) is 5.62. The van der Waals surface area contributed by atoms with Crippen molar-refractivity contribution in [1.82, 2.24) is 10.2 Å². The molecule has 0 radical (unpaired) electrons. The molecule has 3 fully saturated rings. The molecule has 1 atom stereocenters. The second kappa shape index (κ2) is 5.26. The number of carbonyl (C=O) groups excluding carboxylic acids is 2. The zero-order chi connectivity index (χ0) is 15.1. The van der Waals surface area contributed by atoms with Crippen molar-refractivity contribution in [2.75, 3.05) is 25.4 Å². The number of hydrogen-bond acceptors (Lipinski definition) is 4. The predicted octanol–water partition coefficient (Wildman–Crippen LogP) is 0.0824. The third-order valence-corrected chi connectivity index (χ3v) is 7.35. The fourth-order valence-electron chi connectivity index (χ4n) is 3.74. The van der Waals surface area contributed by atoms with E-state index in [-0.39, 0.29) is 23.0 Å². The number of rotatable bonds is 1. The van der Waals surface area contributed by atoms with Crippen LogP contribution in [-0.2, 0) is 19.4 Å². The van der Waals surface area contributed by atoms with Gasteiger partial charge in [0.1, 0.15) is 5.25 Å². The van der Waals surface area contributed by atoms with E-state index in [4.69, 9.17) is 0 Å². The Morgan fingerprint density at radius 2 is 1.95 bits per heavy atom. The Labute approximate surface area is 125 Å². The molecule has 3 aliphatic rings. The van der Waals surface area contributed by atoms with E-state index >= 15 is 0 Å². The van der Waals surface area contributed by atoms with Crippen LogP contribution in [0.1, 0.15) is 38.5 Å². The molecule has 0 aromatic heterocycles. The summed E-state index contributed by atoms with van der Waals surface area (Å²) in [6.07, 6.45) is 4.04. The van der Waals surface area contributed by atoms with Crippen LogP contribution in [0.15, 0.2) is 0 Å². The third kappa shape index (κ3) is 2.80. The molecule has 0 aliphatic carbocycles. The lowest BCUT2D eigenvalue weighted by atomic mass is 9.77. The van der Waals surface area contributed by atoms with Gasteiger partial charge in [0, 0.05) is 26.1 Å². The van der Waals surface area contributed by atoms with Crippen molar-refractivity contribution >= 4 is 21.7 Å². The van der Waals surface area contributed by atoms with E-state index in [0.29, 0.717) is 38.9 Å². The molecule has 118 valence electrons. The van der Waals surface area contributed by atoms with E-state index in [2.05, 4.69) is 5.32 Å². The van der Waals surface area contributed by atoms with Gasteiger partial charge < -0.3 is 10.2 Å². The van der Waals surface area contributed by atoms with E-state index in [9.17, 15) is 18.0 Å². The van der Waals surface area contributed by atoms with E-state index in [1.54, 1.807) is 4.90 Å². The van der Waals surface area contributed by atoms with Gasteiger partial charge in [-0.1, -0.05) is 6.42 Å². The lowest BCUT2D eigenvalue weighted by molar-refractivity contribution is -0.133. The molecule has 1 unspecified atom stereocenters. The molecule has 0 saturated carbocycles. The van der Waals surface area contributed by atoms with Crippen LogP contribution in [-0.4, -0.2) is 55.8 Å². The molecule has 21 heavy (non-hydrogen) atoms. The van der Waals surface area contributed by atoms with Gasteiger partial charge in [0.05, 0.1) is 5.75 Å². The summed E-state index contributed by atoms with van der Waals surface area (Å²) in [5.74, 6) is 0.00560. The molecular formula is C14H22N2O4S. The minimum Gasteiger partial charge on any atom is -0.356 e. The normalized spacial score (nSPS) is 31.1. The van der Waals surface area contributed by atoms with E-state index in [1.165, 1.54) is 0 Å². The Bertz CT molecular complexity index is 549. The van der Waals surface area contributed by atoms with Crippen LogP contribution in [0.2, 0.25) is 0 Å². The first kappa shape index (κ1) is 14.8. The van der Waals surface area contributed by atoms with Crippen LogP contribution in [0.25, 0.3) is 0 Å². The number of carbonyl (C=O) groups is 2. The Kier molecular flexibility index (Phi) is 3.71.